The van der Waals surface area contributed by atoms with Crippen LogP contribution in [0.1, 0.15) is 57.4 Å². The number of nitrogens with one attached hydrogen (secondary N) is 1. The number of aromatic nitrogens is 2. The molecular formula is C25H31Cl2FN4O2. The molecule has 1 aromatic heterocycles. The highest BCUT2D eigenvalue weighted by Crippen LogP contribution is 2.40. The Hall–Kier alpha value is -1.83. The Morgan fingerprint density at radius 1 is 1.12 bits per heavy atom. The van der Waals surface area contributed by atoms with Gasteiger partial charge < -0.3 is 15.0 Å². The van der Waals surface area contributed by atoms with E-state index in [0.717, 1.165) is 30.7 Å². The molecule has 6 nitrogen and oxygen atoms in total. The largest absolute Gasteiger partial charge is 0.379 e. The summed E-state index contributed by atoms with van der Waals surface area (Å²) >= 11 is 12.5. The summed E-state index contributed by atoms with van der Waals surface area (Å²) in [5.74, 6) is 0. The van der Waals surface area contributed by atoms with E-state index < -0.39 is 5.67 Å². The smallest absolute Gasteiger partial charge is 0.287 e. The molecule has 1 N–H and O–H groups in total. The second kappa shape index (κ2) is 10.0. The number of halogens is 3. The summed E-state index contributed by atoms with van der Waals surface area (Å²) < 4.78 is 21.6. The lowest BCUT2D eigenvalue weighted by atomic mass is 9.89. The first-order chi connectivity index (χ1) is 16.4. The first kappa shape index (κ1) is 23.9. The van der Waals surface area contributed by atoms with Gasteiger partial charge in [0.2, 0.25) is 0 Å². The highest BCUT2D eigenvalue weighted by Gasteiger charge is 2.37. The van der Waals surface area contributed by atoms with E-state index in [0.29, 0.717) is 37.2 Å². The second-order valence-electron chi connectivity index (χ2n) is 9.86. The maximum Gasteiger partial charge on any atom is 0.287 e. The summed E-state index contributed by atoms with van der Waals surface area (Å²) in [4.78, 5) is 15.5. The van der Waals surface area contributed by atoms with Crippen LogP contribution in [0, 0.1) is 0 Å². The predicted molar refractivity (Wildman–Crippen MR) is 134 cm³/mol. The quantitative estimate of drug-likeness (QED) is 0.524. The van der Waals surface area contributed by atoms with E-state index in [-0.39, 0.29) is 29.8 Å². The highest BCUT2D eigenvalue weighted by atomic mass is 35.5. The first-order valence-electron chi connectivity index (χ1n) is 12.3. The van der Waals surface area contributed by atoms with Crippen molar-refractivity contribution in [1.29, 1.82) is 0 Å². The monoisotopic (exact) mass is 508 g/mol. The number of hydrogen-bond donors (Lipinski definition) is 1. The van der Waals surface area contributed by atoms with Crippen molar-refractivity contribution < 1.29 is 9.13 Å². The molecule has 0 unspecified atom stereocenters. The van der Waals surface area contributed by atoms with Crippen LogP contribution in [0.4, 0.5) is 15.8 Å². The Labute approximate surface area is 209 Å². The van der Waals surface area contributed by atoms with E-state index in [9.17, 15) is 9.18 Å². The molecule has 2 heterocycles. The van der Waals surface area contributed by atoms with Gasteiger partial charge in [0.1, 0.15) is 5.02 Å². The van der Waals surface area contributed by atoms with Gasteiger partial charge in [-0.3, -0.25) is 4.79 Å². The average molecular weight is 509 g/mol. The summed E-state index contributed by atoms with van der Waals surface area (Å²) in [5.41, 5.74) is -0.175. The number of alkyl halides is 1. The third-order valence-corrected chi connectivity index (χ3v) is 7.90. The van der Waals surface area contributed by atoms with Crippen LogP contribution in [0.3, 0.4) is 0 Å². The Morgan fingerprint density at radius 3 is 2.41 bits per heavy atom. The van der Waals surface area contributed by atoms with Crippen LogP contribution in [0.15, 0.2) is 35.3 Å². The highest BCUT2D eigenvalue weighted by molar-refractivity contribution is 6.33. The molecule has 0 spiro atoms. The minimum absolute atomic E-state index is 0.0147. The first-order valence-corrected chi connectivity index (χ1v) is 13.0. The van der Waals surface area contributed by atoms with Crippen LogP contribution < -0.4 is 15.8 Å². The summed E-state index contributed by atoms with van der Waals surface area (Å²) in [6, 6.07) is 9.15. The second-order valence-corrected chi connectivity index (χ2v) is 10.7. The zero-order valence-electron chi connectivity index (χ0n) is 19.2. The Kier molecular flexibility index (Phi) is 7.05. The number of nitrogens with zero attached hydrogens (tertiary/aromatic N) is 3. The van der Waals surface area contributed by atoms with E-state index in [1.807, 2.05) is 12.1 Å². The standard InChI is InChI=1S/C25H31Cl2FN4O2/c26-17-2-4-18(5-3-17)31(19-6-7-19)20-8-10-21(11-9-20)32-24(33)23(27)22(14-30-32)29-15-25(28)12-1-13-34-16-25/h2-5,14,19-21,29H,1,6-13,15-16H2/t20-,21-,25-/m0/s1. The molecular weight excluding hydrogens is 478 g/mol. The van der Waals surface area contributed by atoms with Gasteiger partial charge >= 0.3 is 0 Å². The molecule has 1 saturated heterocycles. The van der Waals surface area contributed by atoms with E-state index in [4.69, 9.17) is 27.9 Å². The molecule has 1 aliphatic heterocycles. The number of benzene rings is 1. The minimum Gasteiger partial charge on any atom is -0.379 e. The molecule has 3 fully saturated rings. The summed E-state index contributed by atoms with van der Waals surface area (Å²) in [6.07, 6.45) is 8.81. The maximum atomic E-state index is 14.8. The van der Waals surface area contributed by atoms with E-state index in [1.54, 1.807) is 6.20 Å². The topological polar surface area (TPSA) is 59.4 Å². The fourth-order valence-corrected chi connectivity index (χ4v) is 5.63. The van der Waals surface area contributed by atoms with E-state index in [1.165, 1.54) is 23.2 Å². The molecule has 2 saturated carbocycles. The lowest BCUT2D eigenvalue weighted by Crippen LogP contribution is -2.42. The van der Waals surface area contributed by atoms with Gasteiger partial charge in [0.05, 0.1) is 31.1 Å². The van der Waals surface area contributed by atoms with Crippen molar-refractivity contribution in [3.8, 4) is 0 Å². The van der Waals surface area contributed by atoms with Crippen molar-refractivity contribution in [2.24, 2.45) is 0 Å². The SMILES string of the molecule is O=c1c(Cl)c(NC[C@@]2(F)CCCOC2)cnn1[C@H]1CC[C@H](N(c2ccc(Cl)cc2)C2CC2)CC1. The minimum atomic E-state index is -1.45. The Bertz CT molecular complexity index is 1050. The van der Waals surface area contributed by atoms with E-state index >= 15 is 0 Å². The molecule has 9 heteroatoms. The van der Waals surface area contributed by atoms with Crippen LogP contribution in [0.25, 0.3) is 0 Å². The molecule has 1 atom stereocenters. The maximum absolute atomic E-state index is 14.8. The number of rotatable bonds is 7. The zero-order valence-corrected chi connectivity index (χ0v) is 20.7. The van der Waals surface area contributed by atoms with Gasteiger partial charge in [-0.25, -0.2) is 9.07 Å². The molecule has 2 aromatic rings. The number of ether oxygens (including phenoxy) is 1. The molecule has 2 aliphatic carbocycles. The van der Waals surface area contributed by atoms with Gasteiger partial charge in [0, 0.05) is 29.4 Å². The molecule has 0 radical (unpaired) electrons. The molecule has 1 aromatic carbocycles. The molecule has 0 amide bonds. The Morgan fingerprint density at radius 2 is 1.79 bits per heavy atom. The van der Waals surface area contributed by atoms with Gasteiger partial charge in [-0.2, -0.15) is 5.10 Å². The van der Waals surface area contributed by atoms with Crippen LogP contribution in [-0.2, 0) is 4.74 Å². The molecule has 184 valence electrons. The molecule has 34 heavy (non-hydrogen) atoms. The van der Waals surface area contributed by atoms with Crippen LogP contribution in [-0.4, -0.2) is 47.3 Å². The zero-order chi connectivity index (χ0) is 23.7. The normalized spacial score (nSPS) is 27.4. The van der Waals surface area contributed by atoms with Crippen molar-refractivity contribution in [1.82, 2.24) is 9.78 Å². The third kappa shape index (κ3) is 5.21. The summed E-state index contributed by atoms with van der Waals surface area (Å²) in [7, 11) is 0. The van der Waals surface area contributed by atoms with E-state index in [2.05, 4.69) is 27.4 Å². The predicted octanol–water partition coefficient (Wildman–Crippen LogP) is 5.63. The third-order valence-electron chi connectivity index (χ3n) is 7.28. The van der Waals surface area contributed by atoms with Crippen molar-refractivity contribution in [2.75, 3.05) is 30.0 Å². The van der Waals surface area contributed by atoms with Gasteiger partial charge in [-0.1, -0.05) is 23.2 Å². The summed E-state index contributed by atoms with van der Waals surface area (Å²) in [5, 5.41) is 8.20. The van der Waals surface area contributed by atoms with Crippen LogP contribution in [0.5, 0.6) is 0 Å². The Balaban J connectivity index is 1.23. The van der Waals surface area contributed by atoms with Crippen molar-refractivity contribution in [2.45, 2.75) is 75.2 Å². The van der Waals surface area contributed by atoms with Gasteiger partial charge in [-0.05, 0) is 75.6 Å². The fourth-order valence-electron chi connectivity index (χ4n) is 5.31. The van der Waals surface area contributed by atoms with Crippen molar-refractivity contribution >= 4 is 34.6 Å². The van der Waals surface area contributed by atoms with Crippen molar-refractivity contribution in [3.63, 3.8) is 0 Å². The fraction of sp³-hybridized carbons (Fsp3) is 0.600. The van der Waals surface area contributed by atoms with Crippen LogP contribution >= 0.6 is 23.2 Å². The number of anilines is 2. The van der Waals surface area contributed by atoms with Crippen molar-refractivity contribution in [3.05, 3.63) is 50.9 Å². The molecule has 3 aliphatic rings. The lowest BCUT2D eigenvalue weighted by molar-refractivity contribution is -0.0234. The lowest BCUT2D eigenvalue weighted by Gasteiger charge is -2.39. The molecule has 0 bridgehead atoms. The number of hydrogen-bond acceptors (Lipinski definition) is 5. The van der Waals surface area contributed by atoms with Gasteiger partial charge in [0.15, 0.2) is 5.67 Å². The van der Waals surface area contributed by atoms with Crippen LogP contribution in [0.2, 0.25) is 10.0 Å². The van der Waals surface area contributed by atoms with Gasteiger partial charge in [0.25, 0.3) is 5.56 Å². The summed E-state index contributed by atoms with van der Waals surface area (Å²) in [6.45, 7) is 0.689. The van der Waals surface area contributed by atoms with Gasteiger partial charge in [-0.15, -0.1) is 0 Å². The molecule has 5 rings (SSSR count). The average Bonchev–Trinajstić information content (AvgIpc) is 3.68.